The third-order valence-corrected chi connectivity index (χ3v) is 2.83. The maximum absolute atomic E-state index is 5.05. The zero-order chi connectivity index (χ0) is 10.2. The number of hydrogen-bond acceptors (Lipinski definition) is 3. The zero-order valence-electron chi connectivity index (χ0n) is 9.59. The lowest BCUT2D eigenvalue weighted by Crippen LogP contribution is -2.57. The van der Waals surface area contributed by atoms with Gasteiger partial charge in [-0.25, -0.2) is 0 Å². The van der Waals surface area contributed by atoms with Crippen LogP contribution in [-0.2, 0) is 4.74 Å². The Morgan fingerprint density at radius 3 is 2.57 bits per heavy atom. The van der Waals surface area contributed by atoms with Gasteiger partial charge in [0.25, 0.3) is 0 Å². The van der Waals surface area contributed by atoms with Gasteiger partial charge in [0.1, 0.15) is 0 Å². The Balaban J connectivity index is 2.08. The second-order valence-corrected chi connectivity index (χ2v) is 4.05. The Bertz CT molecular complexity index is 137. The minimum atomic E-state index is 0.803. The van der Waals surface area contributed by atoms with E-state index in [0.717, 1.165) is 12.6 Å². The number of hydrogen-bond donors (Lipinski definition) is 1. The van der Waals surface area contributed by atoms with Crippen LogP contribution >= 0.6 is 0 Å². The Hall–Kier alpha value is -0.120. The molecule has 3 nitrogen and oxygen atoms in total. The first-order chi connectivity index (χ1) is 6.88. The van der Waals surface area contributed by atoms with E-state index in [4.69, 9.17) is 4.74 Å². The SMILES string of the molecule is CCCN(CCCCOC)C1CNC1. The summed E-state index contributed by atoms with van der Waals surface area (Å²) in [4.78, 5) is 2.62. The summed E-state index contributed by atoms with van der Waals surface area (Å²) < 4.78 is 5.05. The van der Waals surface area contributed by atoms with Crippen LogP contribution in [0.15, 0.2) is 0 Å². The number of rotatable bonds is 8. The zero-order valence-corrected chi connectivity index (χ0v) is 9.59. The monoisotopic (exact) mass is 200 g/mol. The predicted octanol–water partition coefficient (Wildman–Crippen LogP) is 1.10. The van der Waals surface area contributed by atoms with Gasteiger partial charge in [0.15, 0.2) is 0 Å². The fraction of sp³-hybridized carbons (Fsp3) is 1.00. The van der Waals surface area contributed by atoms with Crippen molar-refractivity contribution in [3.8, 4) is 0 Å². The van der Waals surface area contributed by atoms with Crippen LogP contribution in [0.3, 0.4) is 0 Å². The van der Waals surface area contributed by atoms with Crippen LogP contribution in [0.5, 0.6) is 0 Å². The summed E-state index contributed by atoms with van der Waals surface area (Å²) in [6, 6.07) is 0.803. The van der Waals surface area contributed by atoms with Crippen molar-refractivity contribution in [2.75, 3.05) is 39.9 Å². The molecule has 84 valence electrons. The number of nitrogens with one attached hydrogen (secondary N) is 1. The molecule has 1 aliphatic heterocycles. The average molecular weight is 200 g/mol. The predicted molar refractivity (Wildman–Crippen MR) is 59.6 cm³/mol. The molecule has 1 saturated heterocycles. The van der Waals surface area contributed by atoms with Crippen molar-refractivity contribution in [3.05, 3.63) is 0 Å². The maximum Gasteiger partial charge on any atom is 0.0462 e. The molecule has 1 aliphatic rings. The maximum atomic E-state index is 5.05. The lowest BCUT2D eigenvalue weighted by Gasteiger charge is -2.38. The lowest BCUT2D eigenvalue weighted by atomic mass is 10.1. The summed E-state index contributed by atoms with van der Waals surface area (Å²) in [7, 11) is 1.78. The highest BCUT2D eigenvalue weighted by atomic mass is 16.5. The smallest absolute Gasteiger partial charge is 0.0462 e. The van der Waals surface area contributed by atoms with Crippen LogP contribution in [0.25, 0.3) is 0 Å². The van der Waals surface area contributed by atoms with Crippen molar-refractivity contribution < 1.29 is 4.74 Å². The Kier molecular flexibility index (Phi) is 6.15. The van der Waals surface area contributed by atoms with Gasteiger partial charge in [-0.3, -0.25) is 4.90 Å². The summed E-state index contributed by atoms with van der Waals surface area (Å²) in [5, 5.41) is 3.34. The van der Waals surface area contributed by atoms with Crippen LogP contribution in [0.2, 0.25) is 0 Å². The fourth-order valence-electron chi connectivity index (χ4n) is 1.86. The first-order valence-electron chi connectivity index (χ1n) is 5.82. The number of methoxy groups -OCH3 is 1. The van der Waals surface area contributed by atoms with Crippen LogP contribution in [0, 0.1) is 0 Å². The van der Waals surface area contributed by atoms with Gasteiger partial charge in [0.2, 0.25) is 0 Å². The van der Waals surface area contributed by atoms with Crippen molar-refractivity contribution in [2.24, 2.45) is 0 Å². The van der Waals surface area contributed by atoms with Crippen molar-refractivity contribution in [3.63, 3.8) is 0 Å². The summed E-state index contributed by atoms with van der Waals surface area (Å²) >= 11 is 0. The molecule has 0 aliphatic carbocycles. The number of nitrogens with zero attached hydrogens (tertiary/aromatic N) is 1. The fourth-order valence-corrected chi connectivity index (χ4v) is 1.86. The Labute approximate surface area is 87.8 Å². The lowest BCUT2D eigenvalue weighted by molar-refractivity contribution is 0.134. The minimum Gasteiger partial charge on any atom is -0.385 e. The van der Waals surface area contributed by atoms with E-state index in [1.807, 2.05) is 0 Å². The molecule has 0 saturated carbocycles. The third kappa shape index (κ3) is 3.95. The van der Waals surface area contributed by atoms with Crippen LogP contribution in [0.4, 0.5) is 0 Å². The highest BCUT2D eigenvalue weighted by Crippen LogP contribution is 2.07. The van der Waals surface area contributed by atoms with E-state index in [9.17, 15) is 0 Å². The number of unbranched alkanes of at least 4 members (excludes halogenated alkanes) is 1. The van der Waals surface area contributed by atoms with E-state index in [2.05, 4.69) is 17.1 Å². The van der Waals surface area contributed by atoms with Crippen LogP contribution in [-0.4, -0.2) is 50.8 Å². The molecule has 1 fully saturated rings. The van der Waals surface area contributed by atoms with Crippen LogP contribution < -0.4 is 5.32 Å². The Morgan fingerprint density at radius 1 is 1.29 bits per heavy atom. The van der Waals surface area contributed by atoms with Gasteiger partial charge >= 0.3 is 0 Å². The first-order valence-corrected chi connectivity index (χ1v) is 5.82. The van der Waals surface area contributed by atoms with Gasteiger partial charge in [-0.05, 0) is 32.4 Å². The van der Waals surface area contributed by atoms with E-state index in [1.54, 1.807) is 7.11 Å². The van der Waals surface area contributed by atoms with Gasteiger partial charge in [0, 0.05) is 32.8 Å². The topological polar surface area (TPSA) is 24.5 Å². The van der Waals surface area contributed by atoms with Gasteiger partial charge < -0.3 is 10.1 Å². The van der Waals surface area contributed by atoms with Crippen LogP contribution in [0.1, 0.15) is 26.2 Å². The molecule has 0 aromatic carbocycles. The minimum absolute atomic E-state index is 0.803. The highest BCUT2D eigenvalue weighted by Gasteiger charge is 2.22. The third-order valence-electron chi connectivity index (χ3n) is 2.83. The molecule has 0 amide bonds. The molecule has 0 aromatic rings. The van der Waals surface area contributed by atoms with Gasteiger partial charge in [-0.15, -0.1) is 0 Å². The van der Waals surface area contributed by atoms with Crippen molar-refractivity contribution in [1.82, 2.24) is 10.2 Å². The summed E-state index contributed by atoms with van der Waals surface area (Å²) in [5.74, 6) is 0. The molecule has 0 unspecified atom stereocenters. The van der Waals surface area contributed by atoms with Crippen molar-refractivity contribution in [1.29, 1.82) is 0 Å². The van der Waals surface area contributed by atoms with Gasteiger partial charge in [-0.1, -0.05) is 6.92 Å². The largest absolute Gasteiger partial charge is 0.385 e. The molecule has 0 aromatic heterocycles. The molecular weight excluding hydrogens is 176 g/mol. The summed E-state index contributed by atoms with van der Waals surface area (Å²) in [6.07, 6.45) is 3.72. The molecule has 0 spiro atoms. The quantitative estimate of drug-likeness (QED) is 0.594. The molecule has 1 N–H and O–H groups in total. The standard InChI is InChI=1S/C11H24N2O/c1-3-6-13(11-9-12-10-11)7-4-5-8-14-2/h11-12H,3-10H2,1-2H3. The molecule has 14 heavy (non-hydrogen) atoms. The van der Waals surface area contributed by atoms with Gasteiger partial charge in [-0.2, -0.15) is 0 Å². The van der Waals surface area contributed by atoms with E-state index < -0.39 is 0 Å². The molecule has 0 radical (unpaired) electrons. The summed E-state index contributed by atoms with van der Waals surface area (Å²) in [6.45, 7) is 8.02. The Morgan fingerprint density at radius 2 is 2.07 bits per heavy atom. The molecule has 3 heteroatoms. The van der Waals surface area contributed by atoms with E-state index in [0.29, 0.717) is 0 Å². The molecule has 0 atom stereocenters. The average Bonchev–Trinajstić information content (AvgIpc) is 2.10. The second-order valence-electron chi connectivity index (χ2n) is 4.05. The second kappa shape index (κ2) is 7.21. The first kappa shape index (κ1) is 12.0. The normalized spacial score (nSPS) is 17.4. The molecule has 0 bridgehead atoms. The van der Waals surface area contributed by atoms with Crippen molar-refractivity contribution >= 4 is 0 Å². The molecule has 1 rings (SSSR count). The van der Waals surface area contributed by atoms with Crippen molar-refractivity contribution in [2.45, 2.75) is 32.2 Å². The molecular formula is C11H24N2O. The van der Waals surface area contributed by atoms with E-state index >= 15 is 0 Å². The van der Waals surface area contributed by atoms with Gasteiger partial charge in [0.05, 0.1) is 0 Å². The van der Waals surface area contributed by atoms with E-state index in [-0.39, 0.29) is 0 Å². The highest BCUT2D eigenvalue weighted by molar-refractivity contribution is 4.84. The number of ether oxygens (including phenoxy) is 1. The molecule has 1 heterocycles. The van der Waals surface area contributed by atoms with E-state index in [1.165, 1.54) is 45.4 Å². The summed E-state index contributed by atoms with van der Waals surface area (Å²) in [5.41, 5.74) is 0.